The SMILES string of the molecule is CCN1CCN(C(=O)N(C)C(C)(C)C(=O)O)CC1C. The highest BCUT2D eigenvalue weighted by molar-refractivity contribution is 5.85. The van der Waals surface area contributed by atoms with Crippen molar-refractivity contribution in [1.82, 2.24) is 14.7 Å². The first-order valence-corrected chi connectivity index (χ1v) is 6.72. The van der Waals surface area contributed by atoms with Crippen LogP contribution >= 0.6 is 0 Å². The van der Waals surface area contributed by atoms with E-state index in [-0.39, 0.29) is 6.03 Å². The van der Waals surface area contributed by atoms with E-state index in [1.54, 1.807) is 25.8 Å². The van der Waals surface area contributed by atoms with Crippen molar-refractivity contribution in [2.24, 2.45) is 0 Å². The number of amides is 2. The maximum Gasteiger partial charge on any atom is 0.329 e. The van der Waals surface area contributed by atoms with Gasteiger partial charge in [0.05, 0.1) is 0 Å². The fraction of sp³-hybridized carbons (Fsp3) is 0.846. The maximum absolute atomic E-state index is 12.4. The summed E-state index contributed by atoms with van der Waals surface area (Å²) < 4.78 is 0. The smallest absolute Gasteiger partial charge is 0.329 e. The van der Waals surface area contributed by atoms with E-state index < -0.39 is 11.5 Å². The Morgan fingerprint density at radius 3 is 2.37 bits per heavy atom. The first-order valence-electron chi connectivity index (χ1n) is 6.72. The Labute approximate surface area is 115 Å². The molecule has 1 fully saturated rings. The van der Waals surface area contributed by atoms with Gasteiger partial charge in [-0.05, 0) is 27.3 Å². The summed E-state index contributed by atoms with van der Waals surface area (Å²) in [6, 6.07) is 0.0963. The zero-order valence-electron chi connectivity index (χ0n) is 12.5. The minimum atomic E-state index is -1.19. The normalized spacial score (nSPS) is 21.3. The van der Waals surface area contributed by atoms with Gasteiger partial charge in [-0.1, -0.05) is 6.92 Å². The Balaban J connectivity index is 2.72. The molecule has 110 valence electrons. The van der Waals surface area contributed by atoms with Gasteiger partial charge in [-0.3, -0.25) is 4.90 Å². The monoisotopic (exact) mass is 271 g/mol. The maximum atomic E-state index is 12.4. The first kappa shape index (κ1) is 15.8. The highest BCUT2D eigenvalue weighted by Gasteiger charge is 2.38. The average Bonchev–Trinajstić information content (AvgIpc) is 2.36. The molecule has 1 unspecified atom stereocenters. The second kappa shape index (κ2) is 5.77. The molecule has 1 atom stereocenters. The molecule has 1 saturated heterocycles. The van der Waals surface area contributed by atoms with Crippen LogP contribution in [-0.2, 0) is 4.79 Å². The summed E-state index contributed by atoms with van der Waals surface area (Å²) in [5.41, 5.74) is -1.19. The minimum Gasteiger partial charge on any atom is -0.480 e. The number of aliphatic carboxylic acids is 1. The lowest BCUT2D eigenvalue weighted by atomic mass is 10.0. The fourth-order valence-electron chi connectivity index (χ4n) is 2.23. The zero-order valence-corrected chi connectivity index (χ0v) is 12.5. The zero-order chi connectivity index (χ0) is 14.8. The molecule has 6 heteroatoms. The van der Waals surface area contributed by atoms with E-state index in [1.165, 1.54) is 4.90 Å². The van der Waals surface area contributed by atoms with E-state index in [4.69, 9.17) is 0 Å². The van der Waals surface area contributed by atoms with Crippen molar-refractivity contribution in [3.63, 3.8) is 0 Å². The Kier molecular flexibility index (Phi) is 4.79. The molecule has 0 aliphatic carbocycles. The molecule has 0 saturated carbocycles. The molecule has 0 bridgehead atoms. The topological polar surface area (TPSA) is 64.1 Å². The van der Waals surface area contributed by atoms with E-state index >= 15 is 0 Å². The van der Waals surface area contributed by atoms with Crippen LogP contribution in [0.3, 0.4) is 0 Å². The number of rotatable bonds is 3. The van der Waals surface area contributed by atoms with Gasteiger partial charge in [0.15, 0.2) is 0 Å². The van der Waals surface area contributed by atoms with E-state index in [2.05, 4.69) is 18.7 Å². The van der Waals surface area contributed by atoms with Crippen molar-refractivity contribution in [3.05, 3.63) is 0 Å². The fourth-order valence-corrected chi connectivity index (χ4v) is 2.23. The molecule has 0 radical (unpaired) electrons. The molecule has 0 spiro atoms. The molecular weight excluding hydrogens is 246 g/mol. The van der Waals surface area contributed by atoms with Crippen LogP contribution in [0.5, 0.6) is 0 Å². The Hall–Kier alpha value is -1.30. The van der Waals surface area contributed by atoms with Gasteiger partial charge >= 0.3 is 12.0 Å². The van der Waals surface area contributed by atoms with Crippen molar-refractivity contribution in [2.45, 2.75) is 39.3 Å². The van der Waals surface area contributed by atoms with Gasteiger partial charge in [0.2, 0.25) is 0 Å². The van der Waals surface area contributed by atoms with Crippen LogP contribution in [0.15, 0.2) is 0 Å². The summed E-state index contributed by atoms with van der Waals surface area (Å²) in [6.45, 7) is 10.4. The summed E-state index contributed by atoms with van der Waals surface area (Å²) in [5, 5.41) is 9.17. The lowest BCUT2D eigenvalue weighted by Gasteiger charge is -2.42. The third-order valence-electron chi connectivity index (χ3n) is 4.09. The molecule has 0 aromatic rings. The number of nitrogens with zero attached hydrogens (tertiary/aromatic N) is 3. The van der Waals surface area contributed by atoms with E-state index in [0.717, 1.165) is 13.1 Å². The molecular formula is C13H25N3O3. The molecule has 0 aromatic carbocycles. The standard InChI is InChI=1S/C13H25N3O3/c1-6-15-7-8-16(9-10(15)2)12(19)14(5)13(3,4)11(17)18/h10H,6-9H2,1-5H3,(H,17,18). The number of piperazine rings is 1. The van der Waals surface area contributed by atoms with Crippen LogP contribution in [0, 0.1) is 0 Å². The van der Waals surface area contributed by atoms with E-state index in [1.807, 2.05) is 0 Å². The van der Waals surface area contributed by atoms with E-state index in [9.17, 15) is 14.7 Å². The summed E-state index contributed by atoms with van der Waals surface area (Å²) >= 11 is 0. The van der Waals surface area contributed by atoms with Crippen molar-refractivity contribution in [1.29, 1.82) is 0 Å². The van der Waals surface area contributed by atoms with Gasteiger partial charge in [-0.25, -0.2) is 9.59 Å². The van der Waals surface area contributed by atoms with Crippen LogP contribution in [0.25, 0.3) is 0 Å². The predicted molar refractivity (Wildman–Crippen MR) is 73.2 cm³/mol. The van der Waals surface area contributed by atoms with Crippen LogP contribution in [0.2, 0.25) is 0 Å². The van der Waals surface area contributed by atoms with Crippen LogP contribution in [0.1, 0.15) is 27.7 Å². The largest absolute Gasteiger partial charge is 0.480 e. The summed E-state index contributed by atoms with van der Waals surface area (Å²) in [4.78, 5) is 28.9. The number of urea groups is 1. The first-order chi connectivity index (χ1) is 8.71. The van der Waals surface area contributed by atoms with Gasteiger partial charge in [0, 0.05) is 32.7 Å². The molecule has 1 heterocycles. The molecule has 1 aliphatic heterocycles. The summed E-state index contributed by atoms with van der Waals surface area (Å²) in [7, 11) is 1.55. The molecule has 19 heavy (non-hydrogen) atoms. The van der Waals surface area contributed by atoms with Gasteiger partial charge in [0.25, 0.3) is 0 Å². The van der Waals surface area contributed by atoms with Crippen LogP contribution in [-0.4, -0.2) is 76.6 Å². The average molecular weight is 271 g/mol. The lowest BCUT2D eigenvalue weighted by molar-refractivity contribution is -0.147. The molecule has 6 nitrogen and oxygen atoms in total. The molecule has 1 N–H and O–H groups in total. The minimum absolute atomic E-state index is 0.213. The number of carbonyl (C=O) groups is 2. The van der Waals surface area contributed by atoms with Crippen LogP contribution in [0.4, 0.5) is 4.79 Å². The van der Waals surface area contributed by atoms with Crippen molar-refractivity contribution >= 4 is 12.0 Å². The number of carboxylic acid groups (broad SMARTS) is 1. The van der Waals surface area contributed by atoms with E-state index in [0.29, 0.717) is 19.1 Å². The lowest BCUT2D eigenvalue weighted by Crippen LogP contribution is -2.60. The molecule has 1 rings (SSSR count). The Morgan fingerprint density at radius 1 is 1.37 bits per heavy atom. The predicted octanol–water partition coefficient (Wildman–Crippen LogP) is 0.927. The second-order valence-corrected chi connectivity index (χ2v) is 5.63. The van der Waals surface area contributed by atoms with Crippen molar-refractivity contribution in [3.8, 4) is 0 Å². The number of likely N-dealkylation sites (N-methyl/N-ethyl adjacent to an activating group) is 2. The molecule has 2 amide bonds. The Morgan fingerprint density at radius 2 is 1.95 bits per heavy atom. The van der Waals surface area contributed by atoms with Gasteiger partial charge in [0.1, 0.15) is 5.54 Å². The third kappa shape index (κ3) is 3.18. The number of hydrogen-bond donors (Lipinski definition) is 1. The second-order valence-electron chi connectivity index (χ2n) is 5.63. The summed E-state index contributed by atoms with van der Waals surface area (Å²) in [6.07, 6.45) is 0. The molecule has 1 aliphatic rings. The van der Waals surface area contributed by atoms with Gasteiger partial charge < -0.3 is 14.9 Å². The quantitative estimate of drug-likeness (QED) is 0.829. The highest BCUT2D eigenvalue weighted by atomic mass is 16.4. The highest BCUT2D eigenvalue weighted by Crippen LogP contribution is 2.17. The molecule has 0 aromatic heterocycles. The number of carboxylic acids is 1. The Bertz CT molecular complexity index is 357. The summed E-state index contributed by atoms with van der Waals surface area (Å²) in [5.74, 6) is -0.997. The van der Waals surface area contributed by atoms with Crippen molar-refractivity contribution < 1.29 is 14.7 Å². The number of carbonyl (C=O) groups excluding carboxylic acids is 1. The number of hydrogen-bond acceptors (Lipinski definition) is 3. The van der Waals surface area contributed by atoms with Gasteiger partial charge in [-0.2, -0.15) is 0 Å². The van der Waals surface area contributed by atoms with Gasteiger partial charge in [-0.15, -0.1) is 0 Å². The van der Waals surface area contributed by atoms with Crippen molar-refractivity contribution in [2.75, 3.05) is 33.2 Å². The third-order valence-corrected chi connectivity index (χ3v) is 4.09. The van der Waals surface area contributed by atoms with Crippen LogP contribution < -0.4 is 0 Å².